The number of likely N-dealkylation sites (N-methyl/N-ethyl adjacent to an activating group) is 1. The highest BCUT2D eigenvalue weighted by Gasteiger charge is 2.46. The number of nitrogens with two attached hydrogens (primary N) is 1. The largest absolute Gasteiger partial charge is 0.405 e. The second-order valence-corrected chi connectivity index (χ2v) is 5.45. The highest BCUT2D eigenvalue weighted by Crippen LogP contribution is 2.41. The summed E-state index contributed by atoms with van der Waals surface area (Å²) < 4.78 is 40.4. The molecule has 23 heavy (non-hydrogen) atoms. The molecule has 0 bridgehead atoms. The van der Waals surface area contributed by atoms with Crippen LogP contribution >= 0.6 is 12.2 Å². The Balaban J connectivity index is 2.81. The molecule has 1 heterocycles. The lowest BCUT2D eigenvalue weighted by atomic mass is 9.82. The highest BCUT2D eigenvalue weighted by molar-refractivity contribution is 7.80. The molecule has 1 aromatic rings. The molecule has 0 amide bonds. The summed E-state index contributed by atoms with van der Waals surface area (Å²) in [6, 6.07) is 3.04. The molecule has 2 rings (SSSR count). The standard InChI is InChI=1S/C16H16F3N3S/c1-10-21-16(15(23)22(10)2,11(3-5-17)4-6-20)12-7-13(18)9-14(19)8-12/h3-4,6-9H,5,20H2,1-2H3/b6-4-,11-3+. The first-order chi connectivity index (χ1) is 10.9. The van der Waals surface area contributed by atoms with Crippen LogP contribution in [0.15, 0.2) is 47.1 Å². The number of allylic oxidation sites excluding steroid dienone is 1. The van der Waals surface area contributed by atoms with Crippen molar-refractivity contribution >= 4 is 23.0 Å². The molecule has 0 radical (unpaired) electrons. The van der Waals surface area contributed by atoms with Crippen molar-refractivity contribution in [3.05, 3.63) is 59.3 Å². The predicted molar refractivity (Wildman–Crippen MR) is 88.9 cm³/mol. The van der Waals surface area contributed by atoms with E-state index in [1.54, 1.807) is 18.9 Å². The van der Waals surface area contributed by atoms with Crippen molar-refractivity contribution < 1.29 is 13.2 Å². The molecule has 1 aliphatic rings. The molecule has 0 fully saturated rings. The third-order valence-corrected chi connectivity index (χ3v) is 4.27. The highest BCUT2D eigenvalue weighted by atomic mass is 32.1. The van der Waals surface area contributed by atoms with Gasteiger partial charge in [-0.05, 0) is 48.5 Å². The molecular formula is C16H16F3N3S. The summed E-state index contributed by atoms with van der Waals surface area (Å²) in [6.45, 7) is 0.920. The third-order valence-electron chi connectivity index (χ3n) is 3.70. The van der Waals surface area contributed by atoms with E-state index in [1.807, 2.05) is 0 Å². The fraction of sp³-hybridized carbons (Fsp3) is 0.250. The molecule has 7 heteroatoms. The number of aliphatic imine (C=N–C) groups is 1. The molecule has 1 atom stereocenters. The van der Waals surface area contributed by atoms with E-state index in [0.29, 0.717) is 11.4 Å². The minimum Gasteiger partial charge on any atom is -0.405 e. The zero-order valence-electron chi connectivity index (χ0n) is 12.7. The van der Waals surface area contributed by atoms with Gasteiger partial charge in [0, 0.05) is 13.1 Å². The second-order valence-electron chi connectivity index (χ2n) is 5.06. The monoisotopic (exact) mass is 339 g/mol. The molecule has 0 aromatic heterocycles. The smallest absolute Gasteiger partial charge is 0.163 e. The van der Waals surface area contributed by atoms with Gasteiger partial charge < -0.3 is 10.6 Å². The van der Waals surface area contributed by atoms with Crippen LogP contribution in [0.25, 0.3) is 0 Å². The van der Waals surface area contributed by atoms with Gasteiger partial charge in [-0.1, -0.05) is 12.2 Å². The SMILES string of the molecule is CC1=NC(C(/C=C\N)=C/CF)(c2cc(F)cc(F)c2)C(=S)N1C. The molecule has 1 unspecified atom stereocenters. The Bertz CT molecular complexity index is 707. The Morgan fingerprint density at radius 3 is 2.39 bits per heavy atom. The van der Waals surface area contributed by atoms with Crippen LogP contribution in [0.5, 0.6) is 0 Å². The Morgan fingerprint density at radius 1 is 1.35 bits per heavy atom. The minimum absolute atomic E-state index is 0.182. The summed E-state index contributed by atoms with van der Waals surface area (Å²) >= 11 is 5.45. The number of thiocarbonyl (C=S) groups is 1. The van der Waals surface area contributed by atoms with E-state index in [1.165, 1.54) is 18.4 Å². The van der Waals surface area contributed by atoms with Crippen molar-refractivity contribution in [3.8, 4) is 0 Å². The van der Waals surface area contributed by atoms with Crippen molar-refractivity contribution in [1.29, 1.82) is 0 Å². The van der Waals surface area contributed by atoms with Crippen molar-refractivity contribution in [2.75, 3.05) is 13.7 Å². The van der Waals surface area contributed by atoms with Gasteiger partial charge in [-0.15, -0.1) is 0 Å². The van der Waals surface area contributed by atoms with Gasteiger partial charge in [-0.25, -0.2) is 18.2 Å². The summed E-state index contributed by atoms with van der Waals surface area (Å²) in [5.74, 6) is -0.975. The molecule has 0 aliphatic carbocycles. The van der Waals surface area contributed by atoms with Crippen LogP contribution in [0, 0.1) is 11.6 Å². The zero-order valence-corrected chi connectivity index (χ0v) is 13.5. The van der Waals surface area contributed by atoms with Gasteiger partial charge in [0.1, 0.15) is 29.1 Å². The first-order valence-corrected chi connectivity index (χ1v) is 7.23. The van der Waals surface area contributed by atoms with Crippen molar-refractivity contribution in [1.82, 2.24) is 4.90 Å². The van der Waals surface area contributed by atoms with Crippen LogP contribution in [0.4, 0.5) is 13.2 Å². The number of hydrogen-bond acceptors (Lipinski definition) is 3. The average Bonchev–Trinajstić information content (AvgIpc) is 2.71. The minimum atomic E-state index is -1.39. The molecular weight excluding hydrogens is 323 g/mol. The number of alkyl halides is 1. The number of benzene rings is 1. The Morgan fingerprint density at radius 2 is 1.96 bits per heavy atom. The van der Waals surface area contributed by atoms with Crippen molar-refractivity contribution in [2.24, 2.45) is 10.7 Å². The maximum atomic E-state index is 13.7. The molecule has 1 aliphatic heterocycles. The molecule has 2 N–H and O–H groups in total. The van der Waals surface area contributed by atoms with Crippen molar-refractivity contribution in [2.45, 2.75) is 12.5 Å². The van der Waals surface area contributed by atoms with E-state index >= 15 is 0 Å². The fourth-order valence-corrected chi connectivity index (χ4v) is 3.00. The number of amidine groups is 1. The van der Waals surface area contributed by atoms with E-state index in [9.17, 15) is 13.2 Å². The van der Waals surface area contributed by atoms with Crippen LogP contribution in [-0.4, -0.2) is 29.4 Å². The van der Waals surface area contributed by atoms with Gasteiger partial charge in [-0.3, -0.25) is 0 Å². The molecule has 3 nitrogen and oxygen atoms in total. The number of nitrogens with zero attached hydrogens (tertiary/aromatic N) is 2. The molecule has 122 valence electrons. The molecule has 0 saturated carbocycles. The third kappa shape index (κ3) is 2.88. The molecule has 0 saturated heterocycles. The van der Waals surface area contributed by atoms with Gasteiger partial charge in [0.25, 0.3) is 0 Å². The topological polar surface area (TPSA) is 41.6 Å². The van der Waals surface area contributed by atoms with E-state index < -0.39 is 23.8 Å². The number of rotatable bonds is 4. The average molecular weight is 339 g/mol. The van der Waals surface area contributed by atoms with Crippen LogP contribution < -0.4 is 5.73 Å². The summed E-state index contributed by atoms with van der Waals surface area (Å²) in [5.41, 5.74) is 4.55. The lowest BCUT2D eigenvalue weighted by Crippen LogP contribution is -2.38. The summed E-state index contributed by atoms with van der Waals surface area (Å²) in [4.78, 5) is 6.41. The van der Waals surface area contributed by atoms with E-state index in [0.717, 1.165) is 18.2 Å². The fourth-order valence-electron chi connectivity index (χ4n) is 2.58. The Labute approximate surface area is 138 Å². The van der Waals surface area contributed by atoms with Gasteiger partial charge in [0.05, 0.1) is 0 Å². The Kier molecular flexibility index (Phi) is 4.89. The first-order valence-electron chi connectivity index (χ1n) is 6.83. The van der Waals surface area contributed by atoms with Crippen LogP contribution in [0.3, 0.4) is 0 Å². The van der Waals surface area contributed by atoms with Gasteiger partial charge >= 0.3 is 0 Å². The summed E-state index contributed by atoms with van der Waals surface area (Å²) in [7, 11) is 1.69. The maximum Gasteiger partial charge on any atom is 0.163 e. The van der Waals surface area contributed by atoms with Crippen LogP contribution in [-0.2, 0) is 5.54 Å². The lowest BCUT2D eigenvalue weighted by molar-refractivity contribution is 0.553. The zero-order chi connectivity index (χ0) is 17.2. The van der Waals surface area contributed by atoms with E-state index in [2.05, 4.69) is 4.99 Å². The first kappa shape index (κ1) is 17.2. The molecule has 1 aromatic carbocycles. The quantitative estimate of drug-likeness (QED) is 0.676. The van der Waals surface area contributed by atoms with Gasteiger partial charge in [-0.2, -0.15) is 0 Å². The van der Waals surface area contributed by atoms with E-state index in [4.69, 9.17) is 18.0 Å². The Hall–Kier alpha value is -2.15. The second kappa shape index (κ2) is 6.54. The predicted octanol–water partition coefficient (Wildman–Crippen LogP) is 3.22. The van der Waals surface area contributed by atoms with Crippen LogP contribution in [0.2, 0.25) is 0 Å². The number of halogens is 3. The van der Waals surface area contributed by atoms with Crippen LogP contribution in [0.1, 0.15) is 12.5 Å². The maximum absolute atomic E-state index is 13.7. The lowest BCUT2D eigenvalue weighted by Gasteiger charge is -2.30. The summed E-state index contributed by atoms with van der Waals surface area (Å²) in [5, 5.41) is 0. The van der Waals surface area contributed by atoms with Gasteiger partial charge in [0.2, 0.25) is 0 Å². The normalized spacial score (nSPS) is 22.1. The van der Waals surface area contributed by atoms with Gasteiger partial charge in [0.15, 0.2) is 5.54 Å². The number of hydrogen-bond donors (Lipinski definition) is 1. The summed E-state index contributed by atoms with van der Waals surface area (Å²) in [6.07, 6.45) is 3.89. The van der Waals surface area contributed by atoms with E-state index in [-0.39, 0.29) is 10.6 Å². The molecule has 0 spiro atoms. The van der Waals surface area contributed by atoms with Crippen molar-refractivity contribution in [3.63, 3.8) is 0 Å².